The van der Waals surface area contributed by atoms with Crippen LogP contribution in [0.1, 0.15) is 11.9 Å². The van der Waals surface area contributed by atoms with E-state index in [0.29, 0.717) is 37.6 Å². The largest absolute Gasteiger partial charge is 0.445 e. The lowest BCUT2D eigenvalue weighted by Gasteiger charge is -2.29. The number of alkyl halides is 3. The first-order valence-corrected chi connectivity index (χ1v) is 6.73. The number of ether oxygens (including phenoxy) is 1. The van der Waals surface area contributed by atoms with Crippen LogP contribution in [0.4, 0.5) is 18.3 Å². The maximum absolute atomic E-state index is 12.4. The van der Waals surface area contributed by atoms with Crippen molar-refractivity contribution < 1.29 is 22.7 Å². The van der Waals surface area contributed by atoms with Gasteiger partial charge in [-0.1, -0.05) is 11.3 Å². The Morgan fingerprint density at radius 3 is 2.60 bits per heavy atom. The third-order valence-electron chi connectivity index (χ3n) is 2.70. The second-order valence-electron chi connectivity index (χ2n) is 4.21. The number of nitrogens with one attached hydrogen (secondary N) is 1. The van der Waals surface area contributed by atoms with E-state index in [9.17, 15) is 18.0 Å². The summed E-state index contributed by atoms with van der Waals surface area (Å²) in [5, 5.41) is 8.03. The highest BCUT2D eigenvalue weighted by atomic mass is 32.1. The fraction of sp³-hybridized carbons (Fsp3) is 0.700. The molecule has 2 rings (SSSR count). The van der Waals surface area contributed by atoms with Crippen LogP contribution in [0.5, 0.6) is 0 Å². The van der Waals surface area contributed by atoms with Gasteiger partial charge in [0, 0.05) is 13.1 Å². The van der Waals surface area contributed by atoms with Crippen molar-refractivity contribution in [2.24, 2.45) is 0 Å². The second kappa shape index (κ2) is 5.92. The van der Waals surface area contributed by atoms with Crippen LogP contribution >= 0.6 is 11.3 Å². The number of hydrogen-bond acceptors (Lipinski definition) is 6. The summed E-state index contributed by atoms with van der Waals surface area (Å²) in [4.78, 5) is 13.7. The van der Waals surface area contributed by atoms with Crippen LogP contribution in [0.15, 0.2) is 0 Å². The van der Waals surface area contributed by atoms with Crippen molar-refractivity contribution in [3.8, 4) is 0 Å². The van der Waals surface area contributed by atoms with Gasteiger partial charge in [-0.05, 0) is 6.92 Å². The number of halogens is 3. The number of carbonyl (C=O) groups excluding carboxylic acids is 1. The van der Waals surface area contributed by atoms with Gasteiger partial charge in [-0.2, -0.15) is 13.2 Å². The van der Waals surface area contributed by atoms with Gasteiger partial charge in [-0.25, -0.2) is 0 Å². The second-order valence-corrected chi connectivity index (χ2v) is 5.19. The van der Waals surface area contributed by atoms with Gasteiger partial charge in [0.2, 0.25) is 16.0 Å². The third-order valence-corrected chi connectivity index (χ3v) is 3.60. The van der Waals surface area contributed by atoms with Crippen LogP contribution in [-0.4, -0.2) is 53.3 Å². The Balaban J connectivity index is 1.95. The first-order valence-electron chi connectivity index (χ1n) is 5.91. The van der Waals surface area contributed by atoms with Crippen molar-refractivity contribution in [1.82, 2.24) is 15.1 Å². The lowest BCUT2D eigenvalue weighted by Crippen LogP contribution is -2.46. The molecule has 1 aliphatic rings. The van der Waals surface area contributed by atoms with Crippen LogP contribution in [0.25, 0.3) is 0 Å². The topological polar surface area (TPSA) is 67.4 Å². The van der Waals surface area contributed by atoms with E-state index >= 15 is 0 Å². The first-order chi connectivity index (χ1) is 9.38. The summed E-state index contributed by atoms with van der Waals surface area (Å²) < 4.78 is 42.3. The van der Waals surface area contributed by atoms with Crippen molar-refractivity contribution in [3.05, 3.63) is 5.01 Å². The Hall–Kier alpha value is -1.42. The van der Waals surface area contributed by atoms with Gasteiger partial charge in [-0.3, -0.25) is 4.79 Å². The number of nitrogens with zero attached hydrogens (tertiary/aromatic N) is 3. The number of hydrogen-bond donors (Lipinski definition) is 1. The molecule has 2 heterocycles. The molecule has 1 N–H and O–H groups in total. The minimum Gasteiger partial charge on any atom is -0.378 e. The molecule has 112 valence electrons. The van der Waals surface area contributed by atoms with Gasteiger partial charge >= 0.3 is 6.18 Å². The first kappa shape index (κ1) is 15.0. The highest BCUT2D eigenvalue weighted by Gasteiger charge is 2.36. The van der Waals surface area contributed by atoms with Crippen molar-refractivity contribution in [3.63, 3.8) is 0 Å². The van der Waals surface area contributed by atoms with Gasteiger partial charge < -0.3 is 15.0 Å². The molecule has 0 aromatic carbocycles. The minimum atomic E-state index is -4.52. The summed E-state index contributed by atoms with van der Waals surface area (Å²) in [6.07, 6.45) is -4.52. The molecule has 0 radical (unpaired) electrons. The quantitative estimate of drug-likeness (QED) is 0.909. The van der Waals surface area contributed by atoms with E-state index < -0.39 is 17.2 Å². The summed E-state index contributed by atoms with van der Waals surface area (Å²) in [6, 6.07) is -0.665. The van der Waals surface area contributed by atoms with Crippen LogP contribution in [0.2, 0.25) is 0 Å². The number of rotatable bonds is 3. The van der Waals surface area contributed by atoms with Crippen molar-refractivity contribution in [2.75, 3.05) is 31.6 Å². The third kappa shape index (κ3) is 3.57. The fourth-order valence-electron chi connectivity index (χ4n) is 1.70. The highest BCUT2D eigenvalue weighted by Crippen LogP contribution is 2.33. The summed E-state index contributed by atoms with van der Waals surface area (Å²) >= 11 is 0.378. The minimum absolute atomic E-state index is 0.0218. The molecule has 6 nitrogen and oxygen atoms in total. The molecule has 20 heavy (non-hydrogen) atoms. The number of carbonyl (C=O) groups is 1. The van der Waals surface area contributed by atoms with E-state index in [2.05, 4.69) is 15.5 Å². The predicted octanol–water partition coefficient (Wildman–Crippen LogP) is 1.22. The molecule has 1 amide bonds. The zero-order valence-corrected chi connectivity index (χ0v) is 11.4. The maximum Gasteiger partial charge on any atom is 0.445 e. The maximum atomic E-state index is 12.4. The molecule has 1 atom stereocenters. The number of anilines is 1. The molecular weight excluding hydrogens is 297 g/mol. The molecule has 1 fully saturated rings. The van der Waals surface area contributed by atoms with Crippen molar-refractivity contribution in [1.29, 1.82) is 0 Å². The summed E-state index contributed by atoms with van der Waals surface area (Å²) in [5.41, 5.74) is 0. The lowest BCUT2D eigenvalue weighted by atomic mass is 10.2. The molecule has 0 unspecified atom stereocenters. The Labute approximate surface area is 116 Å². The molecule has 10 heteroatoms. The predicted molar refractivity (Wildman–Crippen MR) is 65.4 cm³/mol. The van der Waals surface area contributed by atoms with Gasteiger partial charge in [-0.15, -0.1) is 10.2 Å². The van der Waals surface area contributed by atoms with Crippen LogP contribution in [0.3, 0.4) is 0 Å². The van der Waals surface area contributed by atoms with Crippen LogP contribution < -0.4 is 5.32 Å². The SMILES string of the molecule is C[C@H](Nc1nnc(C(F)(F)F)s1)C(=O)N1CCOCC1. The Bertz CT molecular complexity index is 473. The molecule has 1 aromatic rings. The Morgan fingerprint density at radius 2 is 2.05 bits per heavy atom. The van der Waals surface area contributed by atoms with Crippen LogP contribution in [-0.2, 0) is 15.7 Å². The normalized spacial score (nSPS) is 17.9. The van der Waals surface area contributed by atoms with Gasteiger partial charge in [0.25, 0.3) is 0 Å². The molecule has 1 aromatic heterocycles. The standard InChI is InChI=1S/C10H13F3N4O2S/c1-6(7(18)17-2-4-19-5-3-17)14-9-16-15-8(20-9)10(11,12)13/h6H,2-5H2,1H3,(H,14,16)/t6-/m0/s1. The average Bonchev–Trinajstić information content (AvgIpc) is 2.87. The molecular formula is C10H13F3N4O2S. The number of amides is 1. The molecule has 1 saturated heterocycles. The summed E-state index contributed by atoms with van der Waals surface area (Å²) in [5.74, 6) is -0.197. The van der Waals surface area contributed by atoms with E-state index in [0.717, 1.165) is 0 Å². The van der Waals surface area contributed by atoms with E-state index in [1.807, 2.05) is 0 Å². The monoisotopic (exact) mass is 310 g/mol. The highest BCUT2D eigenvalue weighted by molar-refractivity contribution is 7.15. The number of morpholine rings is 1. The molecule has 0 aliphatic carbocycles. The van der Waals surface area contributed by atoms with Crippen molar-refractivity contribution in [2.45, 2.75) is 19.1 Å². The molecule has 1 aliphatic heterocycles. The van der Waals surface area contributed by atoms with E-state index in [1.54, 1.807) is 11.8 Å². The van der Waals surface area contributed by atoms with Gasteiger partial charge in [0.15, 0.2) is 0 Å². The summed E-state index contributed by atoms with van der Waals surface area (Å²) in [7, 11) is 0. The zero-order valence-electron chi connectivity index (χ0n) is 10.6. The fourth-order valence-corrected chi connectivity index (χ4v) is 2.40. The average molecular weight is 310 g/mol. The number of aromatic nitrogens is 2. The molecule has 0 bridgehead atoms. The van der Waals surface area contributed by atoms with E-state index in [-0.39, 0.29) is 11.0 Å². The molecule has 0 spiro atoms. The van der Waals surface area contributed by atoms with Gasteiger partial charge in [0.1, 0.15) is 6.04 Å². The van der Waals surface area contributed by atoms with Crippen LogP contribution in [0, 0.1) is 0 Å². The zero-order chi connectivity index (χ0) is 14.8. The lowest BCUT2D eigenvalue weighted by molar-refractivity contribution is -0.138. The molecule has 0 saturated carbocycles. The smallest absolute Gasteiger partial charge is 0.378 e. The van der Waals surface area contributed by atoms with E-state index in [1.165, 1.54) is 0 Å². The Kier molecular flexibility index (Phi) is 4.43. The van der Waals surface area contributed by atoms with E-state index in [4.69, 9.17) is 4.74 Å². The van der Waals surface area contributed by atoms with Crippen molar-refractivity contribution >= 4 is 22.4 Å². The Morgan fingerprint density at radius 1 is 1.40 bits per heavy atom. The van der Waals surface area contributed by atoms with Gasteiger partial charge in [0.05, 0.1) is 13.2 Å². The summed E-state index contributed by atoms with van der Waals surface area (Å²) in [6.45, 7) is 3.47.